The maximum Gasteiger partial charge on any atom is 0.330 e. The maximum atomic E-state index is 13.8. The van der Waals surface area contributed by atoms with E-state index in [9.17, 15) is 23.2 Å². The number of rotatable bonds is 11. The molecule has 1 aliphatic carbocycles. The Balaban J connectivity index is 0.000000444. The van der Waals surface area contributed by atoms with Crippen LogP contribution in [-0.4, -0.2) is 59.4 Å². The van der Waals surface area contributed by atoms with Gasteiger partial charge in [-0.05, 0) is 69.5 Å². The van der Waals surface area contributed by atoms with Crippen LogP contribution in [0.25, 0.3) is 33.3 Å². The number of anilines is 2. The highest BCUT2D eigenvalue weighted by Gasteiger charge is 2.23. The summed E-state index contributed by atoms with van der Waals surface area (Å²) in [4.78, 5) is 45.0. The van der Waals surface area contributed by atoms with Crippen LogP contribution >= 0.6 is 23.2 Å². The molecule has 0 saturated carbocycles. The molecule has 0 aliphatic heterocycles. The normalized spacial score (nSPS) is 12.0. The van der Waals surface area contributed by atoms with Gasteiger partial charge in [0.25, 0.3) is 12.0 Å². The van der Waals surface area contributed by atoms with Gasteiger partial charge < -0.3 is 26.0 Å². The number of aryl methyl sites for hydroxylation is 2. The third-order valence-electron chi connectivity index (χ3n) is 9.12. The molecule has 3 aromatic heterocycles. The molecule has 286 valence electrons. The lowest BCUT2D eigenvalue weighted by Crippen LogP contribution is -2.37. The number of nitrogens with one attached hydrogen (secondary N) is 4. The number of hydrogen-bond acceptors (Lipinski definition) is 8. The van der Waals surface area contributed by atoms with E-state index in [2.05, 4.69) is 26.3 Å². The number of pyridine rings is 2. The number of unbranched alkanes of at least 4 members (excludes halogenated alkanes) is 1. The van der Waals surface area contributed by atoms with Crippen molar-refractivity contribution in [2.75, 3.05) is 39.6 Å². The Morgan fingerprint density at radius 1 is 0.926 bits per heavy atom. The first kappa shape index (κ1) is 40.1. The monoisotopic (exact) mass is 782 g/mol. The van der Waals surface area contributed by atoms with Gasteiger partial charge in [-0.15, -0.1) is 0 Å². The molecule has 0 radical (unpaired) electrons. The van der Waals surface area contributed by atoms with Crippen molar-refractivity contribution in [2.24, 2.45) is 14.1 Å². The summed E-state index contributed by atoms with van der Waals surface area (Å²) in [6.45, 7) is 1.76. The highest BCUT2D eigenvalue weighted by Crippen LogP contribution is 2.43. The highest BCUT2D eigenvalue weighted by molar-refractivity contribution is 6.39. The van der Waals surface area contributed by atoms with Gasteiger partial charge in [0.05, 0.1) is 34.1 Å². The van der Waals surface area contributed by atoms with Crippen molar-refractivity contribution >= 4 is 51.6 Å². The molecule has 0 bridgehead atoms. The molecule has 1 aliphatic rings. The van der Waals surface area contributed by atoms with Gasteiger partial charge in [0.15, 0.2) is 0 Å². The Kier molecular flexibility index (Phi) is 13.3. The minimum atomic E-state index is -2.95. The fraction of sp³-hybridized carbons (Fsp3) is 0.342. The minimum absolute atomic E-state index is 0.0150. The average Bonchev–Trinajstić information content (AvgIpc) is 3.66. The quantitative estimate of drug-likeness (QED) is 0.108. The molecule has 4 N–H and O–H groups in total. The predicted octanol–water partition coefficient (Wildman–Crippen LogP) is 6.76. The molecule has 5 aromatic rings. The van der Waals surface area contributed by atoms with Crippen LogP contribution in [0.15, 0.2) is 58.1 Å². The Bertz CT molecular complexity index is 2300. The summed E-state index contributed by atoms with van der Waals surface area (Å²) in [5.41, 5.74) is 3.23. The SMILES string of the molecule is CNCCCCNC(=O)NC.COc1nc(-c2cccc(-c3cccc(Nc4nc(C(F)F)cc5c4c(=O)n(C)c(=O)n5C)c3Cl)c2Cl)cc2c1CCC2. The van der Waals surface area contributed by atoms with Gasteiger partial charge in [-0.2, -0.15) is 0 Å². The number of carbonyl (C=O) groups excluding carboxylic acids is 1. The van der Waals surface area contributed by atoms with Gasteiger partial charge >= 0.3 is 11.7 Å². The fourth-order valence-electron chi connectivity index (χ4n) is 6.28. The van der Waals surface area contributed by atoms with Gasteiger partial charge in [0.1, 0.15) is 16.9 Å². The van der Waals surface area contributed by atoms with Crippen molar-refractivity contribution in [1.29, 1.82) is 0 Å². The second kappa shape index (κ2) is 17.9. The Labute approximate surface area is 320 Å². The smallest absolute Gasteiger partial charge is 0.330 e. The van der Waals surface area contributed by atoms with E-state index in [0.717, 1.165) is 66.0 Å². The number of halogens is 4. The number of fused-ring (bicyclic) bond motifs is 2. The Hall–Kier alpha value is -5.05. The standard InChI is InChI=1S/C31H25Cl2F2N5O3.C7H17N3O/c1-39-23-14-22(27(34)35)37-28(24(23)30(41)40(2)31(39)42)36-20-12-6-10-18(26(20)33)17-9-5-11-19(25(17)32)21-13-15-7-4-8-16(15)29(38-21)43-3;1-8-5-3-4-6-10-7(11)9-2/h5-6,9-14,27H,4,7-8H2,1-3H3,(H,36,37);8H,3-6H2,1-2H3,(H2,9,10,11). The molecule has 2 aromatic carbocycles. The number of nitrogens with zero attached hydrogens (tertiary/aromatic N) is 4. The number of hydrogen-bond donors (Lipinski definition) is 4. The number of urea groups is 1. The zero-order valence-corrected chi connectivity index (χ0v) is 32.1. The second-order valence-electron chi connectivity index (χ2n) is 12.6. The van der Waals surface area contributed by atoms with Crippen molar-refractivity contribution < 1.29 is 18.3 Å². The number of methoxy groups -OCH3 is 1. The third-order valence-corrected chi connectivity index (χ3v) is 9.94. The van der Waals surface area contributed by atoms with E-state index in [1.807, 2.05) is 31.3 Å². The first-order valence-electron chi connectivity index (χ1n) is 17.3. The van der Waals surface area contributed by atoms with E-state index in [1.165, 1.54) is 19.7 Å². The molecule has 16 heteroatoms. The molecular formula is C38H42Cl2F2N8O4. The van der Waals surface area contributed by atoms with Crippen LogP contribution in [0.1, 0.15) is 42.5 Å². The summed E-state index contributed by atoms with van der Waals surface area (Å²) in [6, 6.07) is 13.6. The van der Waals surface area contributed by atoms with Crippen molar-refractivity contribution in [1.82, 2.24) is 35.1 Å². The molecule has 0 fully saturated rings. The van der Waals surface area contributed by atoms with Crippen LogP contribution in [0.4, 0.5) is 25.1 Å². The summed E-state index contributed by atoms with van der Waals surface area (Å²) in [5.74, 6) is 0.433. The first-order chi connectivity index (χ1) is 25.9. The minimum Gasteiger partial charge on any atom is -0.481 e. The first-order valence-corrected chi connectivity index (χ1v) is 18.1. The summed E-state index contributed by atoms with van der Waals surface area (Å²) in [6.07, 6.45) is 2.06. The summed E-state index contributed by atoms with van der Waals surface area (Å²) >= 11 is 13.9. The third kappa shape index (κ3) is 8.51. The Morgan fingerprint density at radius 2 is 1.61 bits per heavy atom. The molecule has 54 heavy (non-hydrogen) atoms. The van der Waals surface area contributed by atoms with E-state index in [0.29, 0.717) is 39.0 Å². The molecular weight excluding hydrogens is 741 g/mol. The van der Waals surface area contributed by atoms with Gasteiger partial charge in [0.2, 0.25) is 5.88 Å². The van der Waals surface area contributed by atoms with E-state index in [-0.39, 0.29) is 27.8 Å². The van der Waals surface area contributed by atoms with Crippen molar-refractivity contribution in [2.45, 2.75) is 38.5 Å². The Morgan fingerprint density at radius 3 is 2.30 bits per heavy atom. The molecule has 2 amide bonds. The van der Waals surface area contributed by atoms with Crippen molar-refractivity contribution in [3.63, 3.8) is 0 Å². The lowest BCUT2D eigenvalue weighted by Gasteiger charge is -2.17. The topological polar surface area (TPSA) is 144 Å². The number of amides is 2. The highest BCUT2D eigenvalue weighted by atomic mass is 35.5. The zero-order valence-electron chi connectivity index (χ0n) is 30.6. The summed E-state index contributed by atoms with van der Waals surface area (Å²) in [5, 5.41) is 11.8. The maximum absolute atomic E-state index is 13.8. The lowest BCUT2D eigenvalue weighted by molar-refractivity contribution is 0.146. The van der Waals surface area contributed by atoms with Crippen LogP contribution < -0.4 is 37.3 Å². The largest absolute Gasteiger partial charge is 0.481 e. The van der Waals surface area contributed by atoms with Crippen LogP contribution in [0, 0.1) is 0 Å². The van der Waals surface area contributed by atoms with Crippen LogP contribution in [0.2, 0.25) is 10.0 Å². The van der Waals surface area contributed by atoms with Crippen LogP contribution in [0.5, 0.6) is 5.88 Å². The molecule has 0 spiro atoms. The molecule has 6 rings (SSSR count). The van der Waals surface area contributed by atoms with Crippen molar-refractivity contribution in [3.8, 4) is 28.3 Å². The molecule has 12 nitrogen and oxygen atoms in total. The van der Waals surface area contributed by atoms with Crippen LogP contribution in [-0.2, 0) is 26.9 Å². The predicted molar refractivity (Wildman–Crippen MR) is 210 cm³/mol. The van der Waals surface area contributed by atoms with Crippen molar-refractivity contribution in [3.05, 3.63) is 96.2 Å². The summed E-state index contributed by atoms with van der Waals surface area (Å²) in [7, 11) is 7.85. The number of benzene rings is 2. The van der Waals surface area contributed by atoms with Gasteiger partial charge in [-0.1, -0.05) is 53.5 Å². The van der Waals surface area contributed by atoms with Crippen LogP contribution in [0.3, 0.4) is 0 Å². The van der Waals surface area contributed by atoms with E-state index in [1.54, 1.807) is 32.4 Å². The molecule has 0 unspecified atom stereocenters. The average molecular weight is 784 g/mol. The number of aromatic nitrogens is 4. The van der Waals surface area contributed by atoms with E-state index < -0.39 is 23.4 Å². The second-order valence-corrected chi connectivity index (χ2v) is 13.3. The molecule has 0 atom stereocenters. The molecule has 3 heterocycles. The fourth-order valence-corrected chi connectivity index (χ4v) is 6.88. The van der Waals surface area contributed by atoms with Gasteiger partial charge in [-0.25, -0.2) is 28.3 Å². The summed E-state index contributed by atoms with van der Waals surface area (Å²) < 4.78 is 35.2. The van der Waals surface area contributed by atoms with E-state index in [4.69, 9.17) is 32.9 Å². The number of ether oxygens (including phenoxy) is 1. The number of carbonyl (C=O) groups is 1. The van der Waals surface area contributed by atoms with E-state index >= 15 is 0 Å². The zero-order chi connectivity index (χ0) is 39.1. The van der Waals surface area contributed by atoms with Gasteiger partial charge in [-0.3, -0.25) is 13.9 Å². The lowest BCUT2D eigenvalue weighted by atomic mass is 9.99. The number of alkyl halides is 2. The van der Waals surface area contributed by atoms with Gasteiger partial charge in [0, 0.05) is 49.9 Å². The molecule has 0 saturated heterocycles.